The second-order valence-corrected chi connectivity index (χ2v) is 7.84. The molecule has 3 heterocycles. The van der Waals surface area contributed by atoms with E-state index in [9.17, 15) is 8.42 Å². The summed E-state index contributed by atoms with van der Waals surface area (Å²) in [5, 5.41) is 3.11. The van der Waals surface area contributed by atoms with Gasteiger partial charge in [0.2, 0.25) is 0 Å². The van der Waals surface area contributed by atoms with Crippen molar-refractivity contribution in [2.45, 2.75) is 12.3 Å². The Morgan fingerprint density at radius 1 is 1.41 bits per heavy atom. The summed E-state index contributed by atoms with van der Waals surface area (Å²) in [6.45, 7) is 1.01. The van der Waals surface area contributed by atoms with Crippen LogP contribution in [-0.2, 0) is 10.2 Å². The SMILES string of the molecule is CNc1nc([C@@H]2CCN(S(=O)(=O)N(C)C)C2)cn2cccc12. The third-order valence-corrected chi connectivity index (χ3v) is 6.03. The first kappa shape index (κ1) is 15.3. The van der Waals surface area contributed by atoms with Crippen LogP contribution < -0.4 is 5.32 Å². The van der Waals surface area contributed by atoms with E-state index in [1.54, 1.807) is 14.1 Å². The molecule has 1 aliphatic rings. The van der Waals surface area contributed by atoms with Crippen LogP contribution in [-0.4, -0.2) is 60.6 Å². The summed E-state index contributed by atoms with van der Waals surface area (Å²) in [4.78, 5) is 4.67. The van der Waals surface area contributed by atoms with Gasteiger partial charge in [0.05, 0.1) is 11.2 Å². The van der Waals surface area contributed by atoms with E-state index >= 15 is 0 Å². The molecule has 0 saturated carbocycles. The van der Waals surface area contributed by atoms with Crippen molar-refractivity contribution in [2.24, 2.45) is 0 Å². The van der Waals surface area contributed by atoms with E-state index < -0.39 is 10.2 Å². The lowest BCUT2D eigenvalue weighted by atomic mass is 10.1. The molecule has 0 amide bonds. The molecule has 7 nitrogen and oxygen atoms in total. The summed E-state index contributed by atoms with van der Waals surface area (Å²) in [7, 11) is 1.62. The molecule has 1 N–H and O–H groups in total. The number of aromatic nitrogens is 2. The highest BCUT2D eigenvalue weighted by atomic mass is 32.2. The van der Waals surface area contributed by atoms with Gasteiger partial charge in [0.1, 0.15) is 5.82 Å². The Hall–Kier alpha value is -1.64. The zero-order valence-corrected chi connectivity index (χ0v) is 13.8. The first-order valence-electron chi connectivity index (χ1n) is 7.26. The summed E-state index contributed by atoms with van der Waals surface area (Å²) in [6, 6.07) is 3.97. The van der Waals surface area contributed by atoms with Crippen molar-refractivity contribution < 1.29 is 8.42 Å². The fraction of sp³-hybridized carbons (Fsp3) is 0.500. The van der Waals surface area contributed by atoms with Gasteiger partial charge in [0.25, 0.3) is 10.2 Å². The van der Waals surface area contributed by atoms with Crippen LogP contribution in [0, 0.1) is 0 Å². The minimum absolute atomic E-state index is 0.119. The topological polar surface area (TPSA) is 70.0 Å². The molecule has 0 aliphatic carbocycles. The maximum Gasteiger partial charge on any atom is 0.281 e. The second-order valence-electron chi connectivity index (χ2n) is 5.70. The van der Waals surface area contributed by atoms with Crippen LogP contribution in [0.5, 0.6) is 0 Å². The molecule has 0 unspecified atom stereocenters. The Morgan fingerprint density at radius 2 is 2.18 bits per heavy atom. The molecule has 0 aromatic carbocycles. The molecule has 2 aromatic heterocycles. The highest BCUT2D eigenvalue weighted by Crippen LogP contribution is 2.30. The van der Waals surface area contributed by atoms with Gasteiger partial charge in [-0.2, -0.15) is 17.0 Å². The van der Waals surface area contributed by atoms with Gasteiger partial charge >= 0.3 is 0 Å². The third kappa shape index (κ3) is 2.47. The van der Waals surface area contributed by atoms with Crippen LogP contribution in [0.2, 0.25) is 0 Å². The van der Waals surface area contributed by atoms with Crippen LogP contribution in [0.25, 0.3) is 5.52 Å². The van der Waals surface area contributed by atoms with Crippen LogP contribution in [0.3, 0.4) is 0 Å². The lowest BCUT2D eigenvalue weighted by Crippen LogP contribution is -2.38. The minimum Gasteiger partial charge on any atom is -0.371 e. The van der Waals surface area contributed by atoms with Crippen molar-refractivity contribution in [1.29, 1.82) is 0 Å². The maximum absolute atomic E-state index is 12.2. The number of hydrogen-bond acceptors (Lipinski definition) is 4. The van der Waals surface area contributed by atoms with Gasteiger partial charge in [-0.3, -0.25) is 0 Å². The van der Waals surface area contributed by atoms with Gasteiger partial charge in [0, 0.05) is 52.5 Å². The molecule has 120 valence electrons. The molecule has 22 heavy (non-hydrogen) atoms. The molecule has 0 spiro atoms. The Labute approximate surface area is 130 Å². The van der Waals surface area contributed by atoms with Crippen molar-refractivity contribution in [3.05, 3.63) is 30.2 Å². The van der Waals surface area contributed by atoms with Crippen LogP contribution in [0.4, 0.5) is 5.82 Å². The molecule has 1 aliphatic heterocycles. The molecule has 3 rings (SSSR count). The molecule has 1 fully saturated rings. The fourth-order valence-electron chi connectivity index (χ4n) is 2.86. The van der Waals surface area contributed by atoms with Crippen molar-refractivity contribution in [2.75, 3.05) is 39.5 Å². The van der Waals surface area contributed by atoms with E-state index in [0.717, 1.165) is 23.4 Å². The van der Waals surface area contributed by atoms with E-state index in [1.165, 1.54) is 8.61 Å². The zero-order chi connectivity index (χ0) is 15.9. The molecule has 8 heteroatoms. The van der Waals surface area contributed by atoms with Crippen molar-refractivity contribution in [3.8, 4) is 0 Å². The normalized spacial score (nSPS) is 20.1. The summed E-state index contributed by atoms with van der Waals surface area (Å²) in [5.74, 6) is 0.935. The molecular formula is C14H21N5O2S. The summed E-state index contributed by atoms with van der Waals surface area (Å²) in [6.07, 6.45) is 4.76. The predicted molar refractivity (Wildman–Crippen MR) is 86.3 cm³/mol. The minimum atomic E-state index is -3.35. The molecule has 0 bridgehead atoms. The lowest BCUT2D eigenvalue weighted by molar-refractivity contribution is 0.418. The number of nitrogens with one attached hydrogen (secondary N) is 1. The third-order valence-electron chi connectivity index (χ3n) is 4.13. The Balaban J connectivity index is 1.90. The summed E-state index contributed by atoms with van der Waals surface area (Å²) in [5.41, 5.74) is 1.94. The van der Waals surface area contributed by atoms with Crippen molar-refractivity contribution in [3.63, 3.8) is 0 Å². The van der Waals surface area contributed by atoms with E-state index in [1.807, 2.05) is 36.0 Å². The number of anilines is 1. The smallest absolute Gasteiger partial charge is 0.281 e. The van der Waals surface area contributed by atoms with E-state index in [-0.39, 0.29) is 5.92 Å². The van der Waals surface area contributed by atoms with Crippen LogP contribution in [0.1, 0.15) is 18.0 Å². The molecular weight excluding hydrogens is 302 g/mol. The standard InChI is InChI=1S/C14H21N5O2S/c1-15-14-13-5-4-7-18(13)10-12(16-14)11-6-8-19(9-11)22(20,21)17(2)3/h4-5,7,10-11H,6,8-9H2,1-3H3,(H,15,16)/t11-/m1/s1. The van der Waals surface area contributed by atoms with Crippen LogP contribution >= 0.6 is 0 Å². The van der Waals surface area contributed by atoms with Crippen molar-refractivity contribution in [1.82, 2.24) is 18.0 Å². The lowest BCUT2D eigenvalue weighted by Gasteiger charge is -2.21. The van der Waals surface area contributed by atoms with Gasteiger partial charge in [-0.15, -0.1) is 0 Å². The summed E-state index contributed by atoms with van der Waals surface area (Å²) < 4.78 is 29.2. The highest BCUT2D eigenvalue weighted by Gasteiger charge is 2.34. The molecule has 2 aromatic rings. The number of rotatable bonds is 4. The predicted octanol–water partition coefficient (Wildman–Crippen LogP) is 0.972. The first-order chi connectivity index (χ1) is 10.4. The quantitative estimate of drug-likeness (QED) is 0.910. The Kier molecular flexibility index (Phi) is 3.84. The molecule has 1 atom stereocenters. The number of fused-ring (bicyclic) bond motifs is 1. The van der Waals surface area contributed by atoms with Crippen molar-refractivity contribution >= 4 is 21.5 Å². The largest absolute Gasteiger partial charge is 0.371 e. The monoisotopic (exact) mass is 323 g/mol. The average molecular weight is 323 g/mol. The average Bonchev–Trinajstić information content (AvgIpc) is 3.14. The van der Waals surface area contributed by atoms with E-state index in [2.05, 4.69) is 10.3 Å². The van der Waals surface area contributed by atoms with Gasteiger partial charge in [-0.25, -0.2) is 4.98 Å². The van der Waals surface area contributed by atoms with Gasteiger partial charge in [0.15, 0.2) is 0 Å². The van der Waals surface area contributed by atoms with E-state index in [4.69, 9.17) is 0 Å². The Morgan fingerprint density at radius 3 is 2.86 bits per heavy atom. The molecule has 0 radical (unpaired) electrons. The molecule has 1 saturated heterocycles. The van der Waals surface area contributed by atoms with Gasteiger partial charge < -0.3 is 9.72 Å². The zero-order valence-electron chi connectivity index (χ0n) is 13.0. The summed E-state index contributed by atoms with van der Waals surface area (Å²) >= 11 is 0. The first-order valence-corrected chi connectivity index (χ1v) is 8.66. The second kappa shape index (κ2) is 5.53. The van der Waals surface area contributed by atoms with Gasteiger partial charge in [-0.1, -0.05) is 0 Å². The fourth-order valence-corrected chi connectivity index (χ4v) is 4.02. The van der Waals surface area contributed by atoms with Crippen LogP contribution in [0.15, 0.2) is 24.5 Å². The Bertz CT molecular complexity index is 784. The van der Waals surface area contributed by atoms with E-state index in [0.29, 0.717) is 13.1 Å². The number of hydrogen-bond donors (Lipinski definition) is 1. The maximum atomic E-state index is 12.2. The number of nitrogens with zero attached hydrogens (tertiary/aromatic N) is 4. The highest BCUT2D eigenvalue weighted by molar-refractivity contribution is 7.86. The van der Waals surface area contributed by atoms with Gasteiger partial charge in [-0.05, 0) is 18.6 Å².